The SMILES string of the molecule is CC1CCC(C(N)=O)CN1CCOc1cccc(F)c1. The lowest BCUT2D eigenvalue weighted by Gasteiger charge is -2.36. The first kappa shape index (κ1) is 14.8. The fourth-order valence-corrected chi connectivity index (χ4v) is 2.56. The van der Waals surface area contributed by atoms with Gasteiger partial charge in [0.1, 0.15) is 18.2 Å². The van der Waals surface area contributed by atoms with Crippen LogP contribution in [0.1, 0.15) is 19.8 Å². The Kier molecular flexibility index (Phi) is 4.95. The number of nitrogens with zero attached hydrogens (tertiary/aromatic N) is 1. The van der Waals surface area contributed by atoms with Crippen molar-refractivity contribution in [1.29, 1.82) is 0 Å². The molecule has 1 aliphatic heterocycles. The van der Waals surface area contributed by atoms with E-state index in [1.807, 2.05) is 0 Å². The maximum atomic E-state index is 13.0. The highest BCUT2D eigenvalue weighted by Crippen LogP contribution is 2.21. The molecule has 1 aromatic rings. The van der Waals surface area contributed by atoms with E-state index in [1.54, 1.807) is 12.1 Å². The lowest BCUT2D eigenvalue weighted by atomic mass is 9.93. The number of likely N-dealkylation sites (tertiary alicyclic amines) is 1. The monoisotopic (exact) mass is 280 g/mol. The molecule has 20 heavy (non-hydrogen) atoms. The van der Waals surface area contributed by atoms with E-state index in [0.717, 1.165) is 12.8 Å². The summed E-state index contributed by atoms with van der Waals surface area (Å²) in [5.74, 6) is -0.0722. The van der Waals surface area contributed by atoms with Crippen LogP contribution in [0.5, 0.6) is 5.75 Å². The van der Waals surface area contributed by atoms with Crippen molar-refractivity contribution in [3.8, 4) is 5.75 Å². The fraction of sp³-hybridized carbons (Fsp3) is 0.533. The minimum absolute atomic E-state index is 0.0691. The molecule has 0 spiro atoms. The first-order valence-corrected chi connectivity index (χ1v) is 6.98. The van der Waals surface area contributed by atoms with Crippen LogP contribution >= 0.6 is 0 Å². The third-order valence-electron chi connectivity index (χ3n) is 3.86. The van der Waals surface area contributed by atoms with Crippen LogP contribution in [-0.4, -0.2) is 36.5 Å². The summed E-state index contributed by atoms with van der Waals surface area (Å²) in [6.07, 6.45) is 1.82. The number of rotatable bonds is 5. The number of piperidine rings is 1. The maximum absolute atomic E-state index is 13.0. The predicted octanol–water partition coefficient (Wildman–Crippen LogP) is 1.79. The largest absolute Gasteiger partial charge is 0.492 e. The Morgan fingerprint density at radius 1 is 1.50 bits per heavy atom. The third kappa shape index (κ3) is 3.93. The Bertz CT molecular complexity index is 467. The minimum atomic E-state index is -0.303. The quantitative estimate of drug-likeness (QED) is 0.894. The van der Waals surface area contributed by atoms with Crippen LogP contribution in [0.3, 0.4) is 0 Å². The summed E-state index contributed by atoms with van der Waals surface area (Å²) < 4.78 is 18.5. The van der Waals surface area contributed by atoms with E-state index in [4.69, 9.17) is 10.5 Å². The molecule has 0 saturated carbocycles. The van der Waals surface area contributed by atoms with Crippen LogP contribution in [0.2, 0.25) is 0 Å². The Balaban J connectivity index is 1.81. The van der Waals surface area contributed by atoms with E-state index in [1.165, 1.54) is 12.1 Å². The van der Waals surface area contributed by atoms with E-state index in [-0.39, 0.29) is 17.6 Å². The number of hydrogen-bond donors (Lipinski definition) is 1. The number of ether oxygens (including phenoxy) is 1. The van der Waals surface area contributed by atoms with Gasteiger partial charge in [0.25, 0.3) is 0 Å². The van der Waals surface area contributed by atoms with Crippen molar-refractivity contribution >= 4 is 5.91 Å². The van der Waals surface area contributed by atoms with Gasteiger partial charge in [-0.1, -0.05) is 6.07 Å². The second-order valence-electron chi connectivity index (χ2n) is 5.33. The van der Waals surface area contributed by atoms with Crippen molar-refractivity contribution in [2.45, 2.75) is 25.8 Å². The first-order valence-electron chi connectivity index (χ1n) is 6.98. The van der Waals surface area contributed by atoms with Crippen LogP contribution in [-0.2, 0) is 4.79 Å². The highest BCUT2D eigenvalue weighted by molar-refractivity contribution is 5.76. The van der Waals surface area contributed by atoms with Gasteiger partial charge in [-0.3, -0.25) is 9.69 Å². The van der Waals surface area contributed by atoms with Gasteiger partial charge >= 0.3 is 0 Å². The number of halogens is 1. The molecule has 0 aliphatic carbocycles. The van der Waals surface area contributed by atoms with Gasteiger partial charge in [-0.25, -0.2) is 4.39 Å². The van der Waals surface area contributed by atoms with Crippen molar-refractivity contribution in [2.24, 2.45) is 11.7 Å². The van der Waals surface area contributed by atoms with E-state index >= 15 is 0 Å². The minimum Gasteiger partial charge on any atom is -0.492 e. The Labute approximate surface area is 118 Å². The topological polar surface area (TPSA) is 55.6 Å². The second-order valence-corrected chi connectivity index (χ2v) is 5.33. The maximum Gasteiger partial charge on any atom is 0.221 e. The standard InChI is InChI=1S/C15H21FN2O2/c1-11-5-6-12(15(17)19)10-18(11)7-8-20-14-4-2-3-13(16)9-14/h2-4,9,11-12H,5-8,10H2,1H3,(H2,17,19). The van der Waals surface area contributed by atoms with Crippen LogP contribution in [0.15, 0.2) is 24.3 Å². The molecule has 1 aliphatic rings. The number of carbonyl (C=O) groups excluding carboxylic acids is 1. The van der Waals surface area contributed by atoms with Gasteiger partial charge in [0, 0.05) is 25.2 Å². The molecule has 0 bridgehead atoms. The molecule has 2 N–H and O–H groups in total. The van der Waals surface area contributed by atoms with Crippen molar-refractivity contribution in [3.05, 3.63) is 30.1 Å². The molecule has 1 saturated heterocycles. The zero-order chi connectivity index (χ0) is 14.5. The van der Waals surface area contributed by atoms with E-state index in [2.05, 4.69) is 11.8 Å². The van der Waals surface area contributed by atoms with Crippen molar-refractivity contribution in [1.82, 2.24) is 4.90 Å². The molecule has 0 radical (unpaired) electrons. The Hall–Kier alpha value is -1.62. The number of carbonyl (C=O) groups is 1. The third-order valence-corrected chi connectivity index (χ3v) is 3.86. The molecule has 1 heterocycles. The summed E-state index contributed by atoms with van der Waals surface area (Å²) in [6, 6.07) is 6.52. The van der Waals surface area contributed by atoms with Gasteiger partial charge in [-0.2, -0.15) is 0 Å². The summed E-state index contributed by atoms with van der Waals surface area (Å²) in [5, 5.41) is 0. The van der Waals surface area contributed by atoms with Crippen LogP contribution in [0, 0.1) is 11.7 Å². The number of primary amides is 1. The zero-order valence-corrected chi connectivity index (χ0v) is 11.7. The fourth-order valence-electron chi connectivity index (χ4n) is 2.56. The first-order chi connectivity index (χ1) is 9.56. The van der Waals surface area contributed by atoms with Gasteiger partial charge in [0.15, 0.2) is 0 Å². The summed E-state index contributed by atoms with van der Waals surface area (Å²) in [4.78, 5) is 13.5. The smallest absolute Gasteiger partial charge is 0.221 e. The molecule has 1 fully saturated rings. The van der Waals surface area contributed by atoms with Crippen molar-refractivity contribution in [3.63, 3.8) is 0 Å². The van der Waals surface area contributed by atoms with Crippen LogP contribution in [0.4, 0.5) is 4.39 Å². The second kappa shape index (κ2) is 6.70. The van der Waals surface area contributed by atoms with E-state index in [9.17, 15) is 9.18 Å². The predicted molar refractivity (Wildman–Crippen MR) is 74.8 cm³/mol. The number of hydrogen-bond acceptors (Lipinski definition) is 3. The average molecular weight is 280 g/mol. The lowest BCUT2D eigenvalue weighted by Crippen LogP contribution is -2.47. The Morgan fingerprint density at radius 2 is 2.30 bits per heavy atom. The highest BCUT2D eigenvalue weighted by Gasteiger charge is 2.28. The highest BCUT2D eigenvalue weighted by atomic mass is 19.1. The normalized spacial score (nSPS) is 23.5. The molecule has 2 atom stereocenters. The Morgan fingerprint density at radius 3 is 3.00 bits per heavy atom. The van der Waals surface area contributed by atoms with Gasteiger partial charge < -0.3 is 10.5 Å². The molecule has 4 nitrogen and oxygen atoms in total. The molecule has 2 unspecified atom stereocenters. The van der Waals surface area contributed by atoms with E-state index in [0.29, 0.717) is 31.5 Å². The summed E-state index contributed by atoms with van der Waals surface area (Å²) in [7, 11) is 0. The van der Waals surface area contributed by atoms with Crippen LogP contribution < -0.4 is 10.5 Å². The lowest BCUT2D eigenvalue weighted by molar-refractivity contribution is -0.124. The summed E-state index contributed by atoms with van der Waals surface area (Å²) >= 11 is 0. The molecular formula is C15H21FN2O2. The summed E-state index contributed by atoms with van der Waals surface area (Å²) in [6.45, 7) is 4.00. The average Bonchev–Trinajstić information content (AvgIpc) is 2.40. The molecular weight excluding hydrogens is 259 g/mol. The van der Waals surface area contributed by atoms with Crippen molar-refractivity contribution in [2.75, 3.05) is 19.7 Å². The van der Waals surface area contributed by atoms with Gasteiger partial charge in [-0.15, -0.1) is 0 Å². The molecule has 110 valence electrons. The summed E-state index contributed by atoms with van der Waals surface area (Å²) in [5.41, 5.74) is 5.37. The molecule has 1 amide bonds. The number of benzene rings is 1. The van der Waals surface area contributed by atoms with Crippen LogP contribution in [0.25, 0.3) is 0 Å². The molecule has 0 aromatic heterocycles. The number of amides is 1. The van der Waals surface area contributed by atoms with Gasteiger partial charge in [0.2, 0.25) is 5.91 Å². The molecule has 2 rings (SSSR count). The number of nitrogens with two attached hydrogens (primary N) is 1. The zero-order valence-electron chi connectivity index (χ0n) is 11.7. The van der Waals surface area contributed by atoms with Crippen molar-refractivity contribution < 1.29 is 13.9 Å². The van der Waals surface area contributed by atoms with E-state index < -0.39 is 0 Å². The van der Waals surface area contributed by atoms with Gasteiger partial charge in [0.05, 0.1) is 5.92 Å². The molecule has 1 aromatic carbocycles. The van der Waals surface area contributed by atoms with Gasteiger partial charge in [-0.05, 0) is 31.9 Å². The molecule has 5 heteroatoms.